The first-order valence-corrected chi connectivity index (χ1v) is 7.77. The molecule has 20 heavy (non-hydrogen) atoms. The number of aromatic nitrogens is 2. The number of amides is 1. The average Bonchev–Trinajstić information content (AvgIpc) is 2.46. The van der Waals surface area contributed by atoms with Crippen molar-refractivity contribution in [1.82, 2.24) is 9.97 Å². The summed E-state index contributed by atoms with van der Waals surface area (Å²) >= 11 is 0. The summed E-state index contributed by atoms with van der Waals surface area (Å²) in [5, 5.41) is 0. The fourth-order valence-electron chi connectivity index (χ4n) is 2.07. The first kappa shape index (κ1) is 16.6. The maximum absolute atomic E-state index is 12.3. The molecule has 0 aromatic carbocycles. The number of carbonyl (C=O) groups excluding carboxylic acids is 1. The standard InChI is InChI=1S/C16H27N3O/c1-5-8-10-14-11-12-17-16(18-14)19(13(4)7-3)15(20)9-6-2/h11-13H,5-10H2,1-4H3. The molecular weight excluding hydrogens is 250 g/mol. The highest BCUT2D eigenvalue weighted by Gasteiger charge is 2.22. The molecule has 0 saturated carbocycles. The summed E-state index contributed by atoms with van der Waals surface area (Å²) in [7, 11) is 0. The molecule has 0 N–H and O–H groups in total. The molecule has 1 unspecified atom stereocenters. The molecule has 0 fully saturated rings. The van der Waals surface area contributed by atoms with Gasteiger partial charge in [0, 0.05) is 24.4 Å². The van der Waals surface area contributed by atoms with E-state index in [1.807, 2.05) is 13.0 Å². The molecule has 0 saturated heterocycles. The van der Waals surface area contributed by atoms with Crippen LogP contribution in [-0.4, -0.2) is 21.9 Å². The molecule has 0 spiro atoms. The number of unbranched alkanes of at least 4 members (excludes halogenated alkanes) is 1. The van der Waals surface area contributed by atoms with Gasteiger partial charge in [0.25, 0.3) is 0 Å². The molecule has 0 aliphatic heterocycles. The van der Waals surface area contributed by atoms with E-state index < -0.39 is 0 Å². The molecule has 1 amide bonds. The second-order valence-corrected chi connectivity index (χ2v) is 5.22. The van der Waals surface area contributed by atoms with Crippen LogP contribution in [0.4, 0.5) is 5.95 Å². The second kappa shape index (κ2) is 8.67. The predicted molar refractivity (Wildman–Crippen MR) is 82.8 cm³/mol. The van der Waals surface area contributed by atoms with Crippen molar-refractivity contribution >= 4 is 11.9 Å². The summed E-state index contributed by atoms with van der Waals surface area (Å²) in [6, 6.07) is 2.08. The normalized spacial score (nSPS) is 12.2. The van der Waals surface area contributed by atoms with Gasteiger partial charge in [-0.25, -0.2) is 9.97 Å². The van der Waals surface area contributed by atoms with Crippen LogP contribution in [0.5, 0.6) is 0 Å². The molecule has 1 aromatic rings. The number of anilines is 1. The Balaban J connectivity index is 2.97. The van der Waals surface area contributed by atoms with Crippen molar-refractivity contribution in [3.05, 3.63) is 18.0 Å². The summed E-state index contributed by atoms with van der Waals surface area (Å²) in [4.78, 5) is 23.0. The van der Waals surface area contributed by atoms with Crippen molar-refractivity contribution in [3.63, 3.8) is 0 Å². The van der Waals surface area contributed by atoms with Gasteiger partial charge in [0.1, 0.15) is 0 Å². The molecule has 0 bridgehead atoms. The van der Waals surface area contributed by atoms with Crippen LogP contribution in [0.2, 0.25) is 0 Å². The van der Waals surface area contributed by atoms with E-state index in [0.717, 1.165) is 37.8 Å². The van der Waals surface area contributed by atoms with E-state index >= 15 is 0 Å². The first-order valence-electron chi connectivity index (χ1n) is 7.77. The Morgan fingerprint density at radius 3 is 2.65 bits per heavy atom. The number of rotatable bonds is 8. The largest absolute Gasteiger partial charge is 0.278 e. The highest BCUT2D eigenvalue weighted by atomic mass is 16.2. The van der Waals surface area contributed by atoms with Gasteiger partial charge < -0.3 is 0 Å². The molecule has 1 rings (SSSR count). The van der Waals surface area contributed by atoms with Crippen molar-refractivity contribution in [2.45, 2.75) is 72.3 Å². The molecular formula is C16H27N3O. The van der Waals surface area contributed by atoms with Gasteiger partial charge in [-0.15, -0.1) is 0 Å². The summed E-state index contributed by atoms with van der Waals surface area (Å²) in [6.45, 7) is 8.32. The Hall–Kier alpha value is -1.45. The van der Waals surface area contributed by atoms with Crippen molar-refractivity contribution in [2.75, 3.05) is 4.90 Å². The van der Waals surface area contributed by atoms with Gasteiger partial charge in [0.2, 0.25) is 11.9 Å². The minimum Gasteiger partial charge on any atom is -0.278 e. The quantitative estimate of drug-likeness (QED) is 0.727. The summed E-state index contributed by atoms with van der Waals surface area (Å²) < 4.78 is 0. The van der Waals surface area contributed by atoms with E-state index in [1.165, 1.54) is 0 Å². The minimum absolute atomic E-state index is 0.120. The molecule has 0 aliphatic carbocycles. The van der Waals surface area contributed by atoms with Gasteiger partial charge >= 0.3 is 0 Å². The third-order valence-electron chi connectivity index (χ3n) is 3.47. The lowest BCUT2D eigenvalue weighted by molar-refractivity contribution is -0.119. The molecule has 4 nitrogen and oxygen atoms in total. The zero-order valence-electron chi connectivity index (χ0n) is 13.2. The summed E-state index contributed by atoms with van der Waals surface area (Å²) in [5.41, 5.74) is 1.02. The fourth-order valence-corrected chi connectivity index (χ4v) is 2.07. The maximum atomic E-state index is 12.3. The number of hydrogen-bond acceptors (Lipinski definition) is 3. The van der Waals surface area contributed by atoms with E-state index in [0.29, 0.717) is 12.4 Å². The Morgan fingerprint density at radius 2 is 2.05 bits per heavy atom. The minimum atomic E-state index is 0.120. The lowest BCUT2D eigenvalue weighted by atomic mass is 10.2. The van der Waals surface area contributed by atoms with Gasteiger partial charge in [0.15, 0.2) is 0 Å². The highest BCUT2D eigenvalue weighted by Crippen LogP contribution is 2.16. The Morgan fingerprint density at radius 1 is 1.30 bits per heavy atom. The number of hydrogen-bond donors (Lipinski definition) is 0. The fraction of sp³-hybridized carbons (Fsp3) is 0.688. The smallest absolute Gasteiger partial charge is 0.232 e. The first-order chi connectivity index (χ1) is 9.63. The van der Waals surface area contributed by atoms with Gasteiger partial charge in [-0.3, -0.25) is 9.69 Å². The Kier molecular flexibility index (Phi) is 7.20. The third-order valence-corrected chi connectivity index (χ3v) is 3.47. The van der Waals surface area contributed by atoms with Gasteiger partial charge in [-0.2, -0.15) is 0 Å². The molecule has 112 valence electrons. The van der Waals surface area contributed by atoms with Crippen molar-refractivity contribution in [3.8, 4) is 0 Å². The highest BCUT2D eigenvalue weighted by molar-refractivity contribution is 5.92. The van der Waals surface area contributed by atoms with E-state index in [2.05, 4.69) is 30.7 Å². The van der Waals surface area contributed by atoms with Crippen molar-refractivity contribution in [1.29, 1.82) is 0 Å². The van der Waals surface area contributed by atoms with Crippen LogP contribution < -0.4 is 4.90 Å². The molecule has 4 heteroatoms. The lowest BCUT2D eigenvalue weighted by Gasteiger charge is -2.26. The second-order valence-electron chi connectivity index (χ2n) is 5.22. The SMILES string of the molecule is CCCCc1ccnc(N(C(=O)CCC)C(C)CC)n1. The van der Waals surface area contributed by atoms with Gasteiger partial charge in [0.05, 0.1) is 0 Å². The van der Waals surface area contributed by atoms with Gasteiger partial charge in [-0.05, 0) is 38.7 Å². The summed E-state index contributed by atoms with van der Waals surface area (Å²) in [5.74, 6) is 0.681. The number of carbonyl (C=O) groups is 1. The Bertz CT molecular complexity index is 420. The maximum Gasteiger partial charge on any atom is 0.232 e. The van der Waals surface area contributed by atoms with Crippen LogP contribution in [0, 0.1) is 0 Å². The van der Waals surface area contributed by atoms with Crippen LogP contribution in [0.15, 0.2) is 12.3 Å². The molecule has 1 aromatic heterocycles. The molecule has 0 aliphatic rings. The lowest BCUT2D eigenvalue weighted by Crippen LogP contribution is -2.39. The molecule has 0 radical (unpaired) electrons. The van der Waals surface area contributed by atoms with Gasteiger partial charge in [-0.1, -0.05) is 27.2 Å². The molecule has 1 atom stereocenters. The number of aryl methyl sites for hydroxylation is 1. The van der Waals surface area contributed by atoms with E-state index in [4.69, 9.17) is 0 Å². The van der Waals surface area contributed by atoms with E-state index in [9.17, 15) is 4.79 Å². The molecule has 1 heterocycles. The topological polar surface area (TPSA) is 46.1 Å². The monoisotopic (exact) mass is 277 g/mol. The van der Waals surface area contributed by atoms with Crippen LogP contribution >= 0.6 is 0 Å². The van der Waals surface area contributed by atoms with Crippen LogP contribution in [0.1, 0.15) is 65.5 Å². The zero-order valence-corrected chi connectivity index (χ0v) is 13.2. The van der Waals surface area contributed by atoms with E-state index in [1.54, 1.807) is 11.1 Å². The van der Waals surface area contributed by atoms with Crippen LogP contribution in [-0.2, 0) is 11.2 Å². The number of nitrogens with zero attached hydrogens (tertiary/aromatic N) is 3. The van der Waals surface area contributed by atoms with Crippen molar-refractivity contribution in [2.24, 2.45) is 0 Å². The Labute approximate surface area is 122 Å². The van der Waals surface area contributed by atoms with Crippen molar-refractivity contribution < 1.29 is 4.79 Å². The van der Waals surface area contributed by atoms with Crippen LogP contribution in [0.3, 0.4) is 0 Å². The summed E-state index contributed by atoms with van der Waals surface area (Å²) in [6.07, 6.45) is 7.27. The van der Waals surface area contributed by atoms with Crippen LogP contribution in [0.25, 0.3) is 0 Å². The zero-order chi connectivity index (χ0) is 15.0. The third kappa shape index (κ3) is 4.58. The average molecular weight is 277 g/mol. The predicted octanol–water partition coefficient (Wildman–Crippen LogP) is 3.75. The van der Waals surface area contributed by atoms with E-state index in [-0.39, 0.29) is 11.9 Å².